The van der Waals surface area contributed by atoms with Crippen LogP contribution in [0.2, 0.25) is 0 Å². The Bertz CT molecular complexity index is 44.9. The van der Waals surface area contributed by atoms with Gasteiger partial charge in [0.1, 0.15) is 7.91 Å². The number of hydrogen-bond donors (Lipinski definition) is 1. The molecule has 0 spiro atoms. The molecule has 2 nitrogen and oxygen atoms in total. The Hall–Kier alpha value is 0.255. The van der Waals surface area contributed by atoms with Gasteiger partial charge in [0.15, 0.2) is 0 Å². The minimum Gasteiger partial charge on any atom is -0.354 e. The maximum absolute atomic E-state index is 9.59. The molecule has 0 aromatic carbocycles. The second kappa shape index (κ2) is 1.56. The van der Waals surface area contributed by atoms with Crippen LogP contribution < -0.4 is 0 Å². The van der Waals surface area contributed by atoms with Gasteiger partial charge in [-0.2, -0.15) is 0 Å². The molecule has 0 aromatic heterocycles. The summed E-state index contributed by atoms with van der Waals surface area (Å²) in [5.74, 6) is 0. The summed E-state index contributed by atoms with van der Waals surface area (Å²) in [5, 5.41) is 0. The summed E-state index contributed by atoms with van der Waals surface area (Å²) in [5.41, 5.74) is 0. The van der Waals surface area contributed by atoms with E-state index in [9.17, 15) is 4.57 Å². The standard InChI is InChI=1S/BH4O2P/c1-4(2)3/h4H,1H2,(H,2,3)/i/hD. The molecule has 0 saturated carbocycles. The van der Waals surface area contributed by atoms with Crippen LogP contribution in [-0.4, -0.2) is 13.9 Å². The van der Waals surface area contributed by atoms with E-state index in [0.717, 1.165) is 0 Å². The fourth-order valence-electron chi connectivity index (χ4n) is 0. The Balaban J connectivity index is 2.85. The molecule has 0 saturated heterocycles. The summed E-state index contributed by atoms with van der Waals surface area (Å²) in [7, 11) is -0.599. The van der Waals surface area contributed by atoms with Crippen LogP contribution in [0.4, 0.5) is 0 Å². The SMILES string of the molecule is [2H]O[PH](B)=O. The summed E-state index contributed by atoms with van der Waals surface area (Å²) in [6, 6.07) is 0. The highest BCUT2D eigenvalue weighted by Crippen LogP contribution is 1.97. The Morgan fingerprint density at radius 2 is 2.75 bits per heavy atom. The minimum absolute atomic E-state index is 1.36. The van der Waals surface area contributed by atoms with Crippen LogP contribution in [0.15, 0.2) is 0 Å². The van der Waals surface area contributed by atoms with Gasteiger partial charge in [-0.25, -0.2) is 0 Å². The van der Waals surface area contributed by atoms with E-state index in [1.54, 1.807) is 0 Å². The average molecular weight is 78.8 g/mol. The zero-order valence-corrected chi connectivity index (χ0v) is 3.32. The number of rotatable bonds is 1. The minimum atomic E-state index is -1.96. The van der Waals surface area contributed by atoms with Crippen molar-refractivity contribution in [3.8, 4) is 0 Å². The van der Waals surface area contributed by atoms with Gasteiger partial charge >= 0.3 is 0 Å². The molecule has 1 atom stereocenters. The van der Waals surface area contributed by atoms with Crippen LogP contribution in [0.1, 0.15) is 0 Å². The van der Waals surface area contributed by atoms with Crippen LogP contribution in [0.25, 0.3) is 0 Å². The molecule has 0 aliphatic rings. The lowest BCUT2D eigenvalue weighted by Crippen LogP contribution is -1.40. The van der Waals surface area contributed by atoms with Gasteiger partial charge in [0, 0.05) is 0 Å². The fraction of sp³-hybridized carbons (Fsp3) is 0. The fourth-order valence-corrected chi connectivity index (χ4v) is 0. The first-order valence-corrected chi connectivity index (χ1v) is 2.72. The van der Waals surface area contributed by atoms with Gasteiger partial charge in [-0.3, -0.25) is 0 Å². The summed E-state index contributed by atoms with van der Waals surface area (Å²) >= 11 is 0. The van der Waals surface area contributed by atoms with Crippen molar-refractivity contribution in [2.45, 2.75) is 0 Å². The van der Waals surface area contributed by atoms with Gasteiger partial charge in [0.25, 0.3) is 0 Å². The van der Waals surface area contributed by atoms with Crippen LogP contribution >= 0.6 is 7.91 Å². The molecule has 0 bridgehead atoms. The lowest BCUT2D eigenvalue weighted by molar-refractivity contribution is 0.518. The summed E-state index contributed by atoms with van der Waals surface area (Å²) in [6.45, 7) is 0. The van der Waals surface area contributed by atoms with Crippen molar-refractivity contribution >= 4 is 15.5 Å². The van der Waals surface area contributed by atoms with Crippen molar-refractivity contribution in [3.63, 3.8) is 0 Å². The van der Waals surface area contributed by atoms with Gasteiger partial charge in [-0.15, -0.1) is 0 Å². The van der Waals surface area contributed by atoms with Crippen LogP contribution in [0.5, 0.6) is 0 Å². The molecular weight excluding hydrogens is 73.8 g/mol. The normalized spacial score (nSPS) is 18.5. The van der Waals surface area contributed by atoms with Gasteiger partial charge in [0.05, 0.1) is 0 Å². The first-order valence-electron chi connectivity index (χ1n) is 1.32. The van der Waals surface area contributed by atoms with Crippen molar-refractivity contribution in [3.05, 3.63) is 0 Å². The van der Waals surface area contributed by atoms with E-state index in [0.29, 0.717) is 0 Å². The van der Waals surface area contributed by atoms with Gasteiger partial charge in [0.2, 0.25) is 9.00 Å². The monoisotopic (exact) mass is 79.0 g/mol. The van der Waals surface area contributed by atoms with E-state index in [1.807, 2.05) is 0 Å². The smallest absolute Gasteiger partial charge is 0.218 e. The molecule has 0 aliphatic carbocycles. The van der Waals surface area contributed by atoms with E-state index in [2.05, 4.69) is 4.90 Å². The summed E-state index contributed by atoms with van der Waals surface area (Å²) < 4.78 is 15.5. The Kier molecular flexibility index (Phi) is 0.972. The summed E-state index contributed by atoms with van der Waals surface area (Å²) in [6.07, 6.45) is 0. The highest BCUT2D eigenvalue weighted by molar-refractivity contribution is 7.66. The quantitative estimate of drug-likeness (QED) is 0.323. The van der Waals surface area contributed by atoms with Crippen molar-refractivity contribution in [2.75, 3.05) is 0 Å². The topological polar surface area (TPSA) is 37.3 Å². The van der Waals surface area contributed by atoms with E-state index in [4.69, 9.17) is 1.43 Å². The largest absolute Gasteiger partial charge is 0.354 e. The van der Waals surface area contributed by atoms with Gasteiger partial charge < -0.3 is 9.46 Å². The average Bonchev–Trinajstić information content (AvgIpc) is 1.38. The van der Waals surface area contributed by atoms with E-state index in [-0.39, 0.29) is 0 Å². The molecule has 0 rings (SSSR count). The Morgan fingerprint density at radius 3 is 2.75 bits per heavy atom. The molecule has 0 amide bonds. The molecule has 0 aromatic rings. The maximum Gasteiger partial charge on any atom is 0.218 e. The van der Waals surface area contributed by atoms with E-state index in [1.165, 1.54) is 7.57 Å². The van der Waals surface area contributed by atoms with Gasteiger partial charge in [-0.1, -0.05) is 0 Å². The molecular formula is H4BO2P. The van der Waals surface area contributed by atoms with E-state index >= 15 is 0 Å². The highest BCUT2D eigenvalue weighted by Gasteiger charge is 1.62. The predicted molar refractivity (Wildman–Crippen MR) is 19.8 cm³/mol. The summed E-state index contributed by atoms with van der Waals surface area (Å²) in [4.78, 5) is 3.55. The molecule has 4 heavy (non-hydrogen) atoms. The van der Waals surface area contributed by atoms with Crippen LogP contribution in [0, 0.1) is 0 Å². The highest BCUT2D eigenvalue weighted by atomic mass is 31.1. The van der Waals surface area contributed by atoms with Gasteiger partial charge in [-0.05, 0) is 0 Å². The molecule has 24 valence electrons. The third-order valence-corrected chi connectivity index (χ3v) is 0. The second-order valence-electron chi connectivity index (χ2n) is 0.492. The van der Waals surface area contributed by atoms with Crippen molar-refractivity contribution in [1.82, 2.24) is 0 Å². The molecule has 1 unspecified atom stereocenters. The third kappa shape index (κ3) is 54.6. The second-order valence-corrected chi connectivity index (χ2v) is 1.47. The Morgan fingerprint density at radius 1 is 2.50 bits per heavy atom. The Labute approximate surface area is 27.6 Å². The van der Waals surface area contributed by atoms with E-state index < -0.39 is 7.91 Å². The zero-order valence-electron chi connectivity index (χ0n) is 3.32. The van der Waals surface area contributed by atoms with Crippen molar-refractivity contribution in [2.24, 2.45) is 0 Å². The van der Waals surface area contributed by atoms with Crippen molar-refractivity contribution < 1.29 is 9.46 Å². The molecule has 0 aliphatic heterocycles. The van der Waals surface area contributed by atoms with Crippen molar-refractivity contribution in [1.29, 1.82) is 1.43 Å². The first-order chi connectivity index (χ1) is 2.27. The predicted octanol–water partition coefficient (Wildman–Crippen LogP) is -0.998. The number of hydrogen-bond acceptors (Lipinski definition) is 2. The molecule has 0 radical (unpaired) electrons. The first kappa shape index (κ1) is 2.49. The zero-order chi connectivity index (χ0) is 4.28. The van der Waals surface area contributed by atoms with Crippen LogP contribution in [0.3, 0.4) is 0 Å². The molecule has 0 fully saturated rings. The van der Waals surface area contributed by atoms with Crippen LogP contribution in [-0.2, 0) is 4.57 Å². The molecule has 0 heterocycles. The third-order valence-electron chi connectivity index (χ3n) is 0. The lowest BCUT2D eigenvalue weighted by Gasteiger charge is -1.60. The molecule has 4 heteroatoms. The molecule has 1 N–H and O–H groups in total. The maximum atomic E-state index is 9.59. The lowest BCUT2D eigenvalue weighted by atomic mass is 10.8.